The Labute approximate surface area is 105 Å². The largest absolute Gasteiger partial charge is 0.304 e. The summed E-state index contributed by atoms with van der Waals surface area (Å²) in [5, 5.41) is 9.15. The Morgan fingerprint density at radius 1 is 1.12 bits per heavy atom. The van der Waals surface area contributed by atoms with Crippen LogP contribution in [0.25, 0.3) is 0 Å². The van der Waals surface area contributed by atoms with Gasteiger partial charge in [0.05, 0.1) is 11.5 Å². The summed E-state index contributed by atoms with van der Waals surface area (Å²) in [6, 6.07) is 2.54. The summed E-state index contributed by atoms with van der Waals surface area (Å²) in [7, 11) is 2.20. The molecule has 0 spiro atoms. The van der Waals surface area contributed by atoms with Gasteiger partial charge in [-0.1, -0.05) is 12.8 Å². The first-order valence-electron chi connectivity index (χ1n) is 7.06. The van der Waals surface area contributed by atoms with Crippen LogP contribution in [0.15, 0.2) is 0 Å². The summed E-state index contributed by atoms with van der Waals surface area (Å²) in [4.78, 5) is 4.97. The highest BCUT2D eigenvalue weighted by molar-refractivity contribution is 5.04. The molecule has 0 N–H and O–H groups in total. The van der Waals surface area contributed by atoms with Gasteiger partial charge < -0.3 is 9.80 Å². The van der Waals surface area contributed by atoms with Crippen molar-refractivity contribution in [3.63, 3.8) is 0 Å². The van der Waals surface area contributed by atoms with Crippen molar-refractivity contribution >= 4 is 0 Å². The quantitative estimate of drug-likeness (QED) is 0.684. The number of hydrogen-bond donors (Lipinski definition) is 0. The summed E-state index contributed by atoms with van der Waals surface area (Å²) >= 11 is 0. The van der Waals surface area contributed by atoms with Crippen molar-refractivity contribution in [1.29, 1.82) is 5.26 Å². The fraction of sp³-hybridized carbons (Fsp3) is 0.929. The fourth-order valence-electron chi connectivity index (χ4n) is 2.89. The van der Waals surface area contributed by atoms with Crippen LogP contribution in [0, 0.1) is 16.7 Å². The van der Waals surface area contributed by atoms with Gasteiger partial charge in [0.1, 0.15) is 0 Å². The van der Waals surface area contributed by atoms with E-state index >= 15 is 0 Å². The molecule has 1 heterocycles. The average Bonchev–Trinajstić information content (AvgIpc) is 2.30. The van der Waals surface area contributed by atoms with E-state index in [1.165, 1.54) is 52.0 Å². The maximum absolute atomic E-state index is 9.15. The van der Waals surface area contributed by atoms with Crippen LogP contribution in [-0.2, 0) is 0 Å². The van der Waals surface area contributed by atoms with Gasteiger partial charge in [-0.3, -0.25) is 0 Å². The van der Waals surface area contributed by atoms with E-state index in [2.05, 4.69) is 22.9 Å². The molecule has 1 aliphatic carbocycles. The smallest absolute Gasteiger partial charge is 0.0689 e. The summed E-state index contributed by atoms with van der Waals surface area (Å²) < 4.78 is 0. The highest BCUT2D eigenvalue weighted by atomic mass is 15.2. The van der Waals surface area contributed by atoms with Gasteiger partial charge in [0.2, 0.25) is 0 Å². The van der Waals surface area contributed by atoms with E-state index < -0.39 is 0 Å². The van der Waals surface area contributed by atoms with Crippen LogP contribution >= 0.6 is 0 Å². The third-order valence-corrected chi connectivity index (χ3v) is 4.52. The number of rotatable bonds is 5. The average molecular weight is 235 g/mol. The van der Waals surface area contributed by atoms with E-state index in [0.717, 1.165) is 19.3 Å². The lowest BCUT2D eigenvalue weighted by atomic mass is 9.67. The zero-order chi connectivity index (χ0) is 12.1. The van der Waals surface area contributed by atoms with Crippen LogP contribution in [0.3, 0.4) is 0 Å². The Morgan fingerprint density at radius 3 is 2.35 bits per heavy atom. The molecule has 0 amide bonds. The lowest BCUT2D eigenvalue weighted by molar-refractivity contribution is 0.145. The van der Waals surface area contributed by atoms with Gasteiger partial charge in [0.15, 0.2) is 0 Å². The Bertz CT molecular complexity index is 270. The fourth-order valence-corrected chi connectivity index (χ4v) is 2.89. The third kappa shape index (κ3) is 3.43. The SMILES string of the molecule is CN1CCN(CCCCC2(C#N)CCC2)CC1. The molecule has 1 saturated carbocycles. The molecule has 0 aromatic carbocycles. The van der Waals surface area contributed by atoms with E-state index in [9.17, 15) is 0 Å². The predicted molar refractivity (Wildman–Crippen MR) is 69.7 cm³/mol. The molecule has 96 valence electrons. The van der Waals surface area contributed by atoms with Gasteiger partial charge in [0.25, 0.3) is 0 Å². The standard InChI is InChI=1S/C14H25N3/c1-16-9-11-17(12-10-16)8-3-2-5-14(13-15)6-4-7-14/h2-12H2,1H3. The molecule has 2 fully saturated rings. The van der Waals surface area contributed by atoms with Crippen molar-refractivity contribution in [2.24, 2.45) is 5.41 Å². The molecule has 1 saturated heterocycles. The van der Waals surface area contributed by atoms with Crippen molar-refractivity contribution < 1.29 is 0 Å². The van der Waals surface area contributed by atoms with Crippen molar-refractivity contribution in [3.05, 3.63) is 0 Å². The molecule has 0 aromatic heterocycles. The van der Waals surface area contributed by atoms with Crippen LogP contribution in [0.1, 0.15) is 38.5 Å². The predicted octanol–water partition coefficient (Wildman–Crippen LogP) is 2.10. The van der Waals surface area contributed by atoms with Gasteiger partial charge in [0, 0.05) is 26.2 Å². The first-order valence-corrected chi connectivity index (χ1v) is 7.06. The molecule has 0 bridgehead atoms. The second-order valence-corrected chi connectivity index (χ2v) is 5.85. The maximum atomic E-state index is 9.15. The minimum atomic E-state index is 0.0854. The molecule has 0 aromatic rings. The van der Waals surface area contributed by atoms with Crippen molar-refractivity contribution in [2.75, 3.05) is 39.8 Å². The lowest BCUT2D eigenvalue weighted by Gasteiger charge is -2.36. The number of piperazine rings is 1. The molecule has 3 heteroatoms. The maximum Gasteiger partial charge on any atom is 0.0689 e. The van der Waals surface area contributed by atoms with Crippen LogP contribution in [0.4, 0.5) is 0 Å². The number of nitrogens with zero attached hydrogens (tertiary/aromatic N) is 3. The van der Waals surface area contributed by atoms with E-state index in [1.807, 2.05) is 0 Å². The van der Waals surface area contributed by atoms with Gasteiger partial charge in [-0.2, -0.15) is 5.26 Å². The molecule has 0 unspecified atom stereocenters. The normalized spacial score (nSPS) is 25.2. The second-order valence-electron chi connectivity index (χ2n) is 5.85. The molecule has 17 heavy (non-hydrogen) atoms. The first-order chi connectivity index (χ1) is 8.24. The third-order valence-electron chi connectivity index (χ3n) is 4.52. The summed E-state index contributed by atoms with van der Waals surface area (Å²) in [6.45, 7) is 6.10. The van der Waals surface area contributed by atoms with E-state index in [1.54, 1.807) is 0 Å². The number of hydrogen-bond acceptors (Lipinski definition) is 3. The Morgan fingerprint density at radius 2 is 1.82 bits per heavy atom. The first kappa shape index (κ1) is 12.9. The van der Waals surface area contributed by atoms with Gasteiger partial charge in [-0.25, -0.2) is 0 Å². The van der Waals surface area contributed by atoms with Gasteiger partial charge in [-0.15, -0.1) is 0 Å². The highest BCUT2D eigenvalue weighted by Gasteiger charge is 2.36. The Kier molecular flexibility index (Phi) is 4.42. The van der Waals surface area contributed by atoms with Crippen LogP contribution < -0.4 is 0 Å². The summed E-state index contributed by atoms with van der Waals surface area (Å²) in [6.07, 6.45) is 7.21. The number of likely N-dealkylation sites (N-methyl/N-ethyl adjacent to an activating group) is 1. The van der Waals surface area contributed by atoms with Crippen LogP contribution in [-0.4, -0.2) is 49.6 Å². The molecule has 2 rings (SSSR count). The Hall–Kier alpha value is -0.590. The van der Waals surface area contributed by atoms with Crippen molar-refractivity contribution in [2.45, 2.75) is 38.5 Å². The molecule has 0 atom stereocenters. The van der Waals surface area contributed by atoms with Crippen molar-refractivity contribution in [1.82, 2.24) is 9.80 Å². The molecule has 0 radical (unpaired) electrons. The van der Waals surface area contributed by atoms with Gasteiger partial charge in [-0.05, 0) is 39.3 Å². The zero-order valence-electron chi connectivity index (χ0n) is 11.1. The number of unbranched alkanes of at least 4 members (excludes halogenated alkanes) is 1. The topological polar surface area (TPSA) is 30.3 Å². The summed E-state index contributed by atoms with van der Waals surface area (Å²) in [5.41, 5.74) is 0.0854. The monoisotopic (exact) mass is 235 g/mol. The summed E-state index contributed by atoms with van der Waals surface area (Å²) in [5.74, 6) is 0. The van der Waals surface area contributed by atoms with E-state index in [0.29, 0.717) is 0 Å². The zero-order valence-corrected chi connectivity index (χ0v) is 11.1. The lowest BCUT2D eigenvalue weighted by Crippen LogP contribution is -2.44. The molecule has 1 aliphatic heterocycles. The minimum absolute atomic E-state index is 0.0854. The van der Waals surface area contributed by atoms with E-state index in [4.69, 9.17) is 5.26 Å². The van der Waals surface area contributed by atoms with Crippen LogP contribution in [0.5, 0.6) is 0 Å². The molecule has 2 aliphatic rings. The number of nitriles is 1. The molecular formula is C14H25N3. The minimum Gasteiger partial charge on any atom is -0.304 e. The second kappa shape index (κ2) is 5.84. The van der Waals surface area contributed by atoms with E-state index in [-0.39, 0.29) is 5.41 Å². The van der Waals surface area contributed by atoms with Gasteiger partial charge >= 0.3 is 0 Å². The Balaban J connectivity index is 1.56. The van der Waals surface area contributed by atoms with Crippen molar-refractivity contribution in [3.8, 4) is 6.07 Å². The highest BCUT2D eigenvalue weighted by Crippen LogP contribution is 2.44. The van der Waals surface area contributed by atoms with Crippen LogP contribution in [0.2, 0.25) is 0 Å². The molecular weight excluding hydrogens is 210 g/mol. The molecule has 3 nitrogen and oxygen atoms in total.